The van der Waals surface area contributed by atoms with Gasteiger partial charge in [0, 0.05) is 69.4 Å². The summed E-state index contributed by atoms with van der Waals surface area (Å²) in [5, 5.41) is 5.50. The van der Waals surface area contributed by atoms with E-state index < -0.39 is 5.95 Å². The Labute approximate surface area is 248 Å². The number of halogens is 1. The minimum absolute atomic E-state index is 0.121. The van der Waals surface area contributed by atoms with E-state index in [-0.39, 0.29) is 24.0 Å². The molecule has 2 fully saturated rings. The maximum atomic E-state index is 13.5. The molecule has 2 saturated heterocycles. The van der Waals surface area contributed by atoms with E-state index in [4.69, 9.17) is 9.72 Å². The number of likely N-dealkylation sites (tertiary alicyclic amines) is 1. The number of anilines is 2. The second-order valence-electron chi connectivity index (χ2n) is 10.7. The van der Waals surface area contributed by atoms with Crippen LogP contribution in [0.15, 0.2) is 66.3 Å². The molecule has 0 spiro atoms. The molecule has 2 amide bonds. The maximum absolute atomic E-state index is 13.5. The van der Waals surface area contributed by atoms with Crippen LogP contribution in [0.2, 0.25) is 0 Å². The number of hydrogen-bond acceptors (Lipinski definition) is 7. The summed E-state index contributed by atoms with van der Waals surface area (Å²) >= 11 is 1.41. The molecule has 2 aliphatic heterocycles. The molecule has 0 unspecified atom stereocenters. The van der Waals surface area contributed by atoms with E-state index in [1.807, 2.05) is 22.4 Å². The molecule has 1 N–H and O–H groups in total. The van der Waals surface area contributed by atoms with Crippen LogP contribution in [0.1, 0.15) is 60.4 Å². The quantitative estimate of drug-likeness (QED) is 0.273. The van der Waals surface area contributed by atoms with Crippen molar-refractivity contribution >= 4 is 34.0 Å². The van der Waals surface area contributed by atoms with Gasteiger partial charge < -0.3 is 19.1 Å². The maximum Gasteiger partial charge on any atom is 0.274 e. The van der Waals surface area contributed by atoms with Crippen LogP contribution in [0.4, 0.5) is 15.2 Å². The van der Waals surface area contributed by atoms with E-state index in [0.717, 1.165) is 68.0 Å². The Balaban J connectivity index is 1.07. The third kappa shape index (κ3) is 6.30. The van der Waals surface area contributed by atoms with Crippen LogP contribution in [0.5, 0.6) is 5.75 Å². The minimum Gasteiger partial charge on any atom is -0.490 e. The van der Waals surface area contributed by atoms with Crippen molar-refractivity contribution in [3.8, 4) is 5.75 Å². The standard InChI is InChI=1S/C31H33FN6O3S/c1-21(39)36-16-11-25(12-17-36)41-24-8-6-23(7-9-24)38-15-3-4-27(38)26-20-42-31(34-26)35-30(40)28-5-2-14-37(28)19-22-10-13-33-29(32)18-22/h2,5-10,13-14,18,20,25,27H,3-4,11-12,15-17,19H2,1H3,(H,34,35,40)/t27-/m1/s1. The van der Waals surface area contributed by atoms with Crippen molar-refractivity contribution in [3.05, 3.63) is 89.2 Å². The van der Waals surface area contributed by atoms with Crippen LogP contribution in [-0.4, -0.2) is 57.0 Å². The molecular formula is C31H33FN6O3S. The molecule has 0 bridgehead atoms. The van der Waals surface area contributed by atoms with E-state index in [1.54, 1.807) is 35.9 Å². The number of benzene rings is 1. The monoisotopic (exact) mass is 588 g/mol. The molecule has 5 heterocycles. The van der Waals surface area contributed by atoms with Crippen molar-refractivity contribution in [3.63, 3.8) is 0 Å². The Bertz CT molecular complexity index is 1550. The van der Waals surface area contributed by atoms with Crippen molar-refractivity contribution in [1.82, 2.24) is 19.4 Å². The van der Waals surface area contributed by atoms with Crippen molar-refractivity contribution in [2.24, 2.45) is 0 Å². The third-order valence-corrected chi connectivity index (χ3v) is 8.68. The van der Waals surface area contributed by atoms with Crippen LogP contribution in [-0.2, 0) is 11.3 Å². The molecule has 42 heavy (non-hydrogen) atoms. The fourth-order valence-corrected chi connectivity index (χ4v) is 6.49. The van der Waals surface area contributed by atoms with E-state index in [9.17, 15) is 14.0 Å². The van der Waals surface area contributed by atoms with Gasteiger partial charge in [-0.1, -0.05) is 0 Å². The van der Waals surface area contributed by atoms with Gasteiger partial charge in [-0.05, 0) is 66.9 Å². The average Bonchev–Trinajstić information content (AvgIpc) is 3.75. The summed E-state index contributed by atoms with van der Waals surface area (Å²) in [7, 11) is 0. The molecule has 9 nitrogen and oxygen atoms in total. The molecule has 1 aromatic carbocycles. The lowest BCUT2D eigenvalue weighted by Crippen LogP contribution is -2.40. The summed E-state index contributed by atoms with van der Waals surface area (Å²) in [6.45, 7) is 4.38. The molecule has 6 rings (SSSR count). The topological polar surface area (TPSA) is 92.6 Å². The molecule has 2 aliphatic rings. The summed E-state index contributed by atoms with van der Waals surface area (Å²) in [5.41, 5.74) is 3.24. The number of nitrogens with one attached hydrogen (secondary N) is 1. The Morgan fingerprint density at radius 2 is 1.90 bits per heavy atom. The summed E-state index contributed by atoms with van der Waals surface area (Å²) < 4.78 is 21.5. The van der Waals surface area contributed by atoms with Gasteiger partial charge in [-0.3, -0.25) is 14.9 Å². The zero-order valence-corrected chi connectivity index (χ0v) is 24.2. The summed E-state index contributed by atoms with van der Waals surface area (Å²) in [5.74, 6) is 0.155. The van der Waals surface area contributed by atoms with Gasteiger partial charge in [0.1, 0.15) is 17.5 Å². The van der Waals surface area contributed by atoms with Crippen LogP contribution in [0.3, 0.4) is 0 Å². The predicted molar refractivity (Wildman–Crippen MR) is 159 cm³/mol. The first-order chi connectivity index (χ1) is 20.4. The summed E-state index contributed by atoms with van der Waals surface area (Å²) in [6, 6.07) is 15.0. The highest BCUT2D eigenvalue weighted by molar-refractivity contribution is 7.14. The summed E-state index contributed by atoms with van der Waals surface area (Å²) in [6.07, 6.45) is 7.06. The number of amides is 2. The van der Waals surface area contributed by atoms with Crippen molar-refractivity contribution in [2.75, 3.05) is 29.9 Å². The number of rotatable bonds is 8. The normalized spacial score (nSPS) is 17.4. The van der Waals surface area contributed by atoms with Crippen LogP contribution < -0.4 is 15.0 Å². The number of piperidine rings is 1. The molecule has 0 saturated carbocycles. The van der Waals surface area contributed by atoms with Crippen LogP contribution in [0.25, 0.3) is 0 Å². The molecule has 4 aromatic rings. The second kappa shape index (κ2) is 12.3. The number of carbonyl (C=O) groups excluding carboxylic acids is 2. The van der Waals surface area contributed by atoms with Gasteiger partial charge >= 0.3 is 0 Å². The molecular weight excluding hydrogens is 555 g/mol. The highest BCUT2D eigenvalue weighted by Gasteiger charge is 2.29. The average molecular weight is 589 g/mol. The predicted octanol–water partition coefficient (Wildman–Crippen LogP) is 5.51. The molecule has 1 atom stereocenters. The molecule has 0 aliphatic carbocycles. The lowest BCUT2D eigenvalue weighted by atomic mass is 10.1. The lowest BCUT2D eigenvalue weighted by Gasteiger charge is -2.31. The van der Waals surface area contributed by atoms with Crippen molar-refractivity contribution < 1.29 is 18.7 Å². The molecule has 11 heteroatoms. The van der Waals surface area contributed by atoms with E-state index in [2.05, 4.69) is 27.3 Å². The first kappa shape index (κ1) is 27.9. The minimum atomic E-state index is -0.547. The number of carbonyl (C=O) groups is 2. The Hall–Kier alpha value is -4.25. The largest absolute Gasteiger partial charge is 0.490 e. The second-order valence-corrected chi connectivity index (χ2v) is 11.6. The number of nitrogens with zero attached hydrogens (tertiary/aromatic N) is 5. The first-order valence-electron chi connectivity index (χ1n) is 14.2. The van der Waals surface area contributed by atoms with E-state index >= 15 is 0 Å². The van der Waals surface area contributed by atoms with Crippen molar-refractivity contribution in [1.29, 1.82) is 0 Å². The van der Waals surface area contributed by atoms with Gasteiger partial charge in [-0.25, -0.2) is 9.97 Å². The van der Waals surface area contributed by atoms with Crippen molar-refractivity contribution in [2.45, 2.75) is 51.3 Å². The fourth-order valence-electron chi connectivity index (χ4n) is 5.73. The van der Waals surface area contributed by atoms with Gasteiger partial charge in [0.15, 0.2) is 5.13 Å². The number of ether oxygens (including phenoxy) is 1. The molecule has 0 radical (unpaired) electrons. The van der Waals surface area contributed by atoms with E-state index in [1.165, 1.54) is 23.6 Å². The first-order valence-corrected chi connectivity index (χ1v) is 15.1. The Morgan fingerprint density at radius 1 is 1.10 bits per heavy atom. The lowest BCUT2D eigenvalue weighted by molar-refractivity contribution is -0.130. The zero-order chi connectivity index (χ0) is 29.1. The van der Waals surface area contributed by atoms with E-state index in [0.29, 0.717) is 17.4 Å². The fraction of sp³-hybridized carbons (Fsp3) is 0.355. The number of aromatic nitrogens is 3. The molecule has 218 valence electrons. The number of pyridine rings is 1. The SMILES string of the molecule is CC(=O)N1CCC(Oc2ccc(N3CCC[C@@H]3c3csc(NC(=O)c4cccn4Cc4ccnc(F)c4)n3)cc2)CC1. The Morgan fingerprint density at radius 3 is 2.67 bits per heavy atom. The van der Waals surface area contributed by atoms with Gasteiger partial charge in [0.2, 0.25) is 11.9 Å². The third-order valence-electron chi connectivity index (χ3n) is 7.90. The summed E-state index contributed by atoms with van der Waals surface area (Å²) in [4.78, 5) is 37.3. The zero-order valence-electron chi connectivity index (χ0n) is 23.4. The van der Waals surface area contributed by atoms with Gasteiger partial charge in [0.25, 0.3) is 5.91 Å². The van der Waals surface area contributed by atoms with Gasteiger partial charge in [0.05, 0.1) is 11.7 Å². The van der Waals surface area contributed by atoms with Crippen LogP contribution >= 0.6 is 11.3 Å². The van der Waals surface area contributed by atoms with Crippen LogP contribution in [0, 0.1) is 5.95 Å². The Kier molecular flexibility index (Phi) is 8.18. The smallest absolute Gasteiger partial charge is 0.274 e. The number of hydrogen-bond donors (Lipinski definition) is 1. The van der Waals surface area contributed by atoms with Gasteiger partial charge in [-0.2, -0.15) is 4.39 Å². The highest BCUT2D eigenvalue weighted by Crippen LogP contribution is 2.38. The highest BCUT2D eigenvalue weighted by atomic mass is 32.1. The molecule has 3 aromatic heterocycles. The number of thiazole rings is 1. The van der Waals surface area contributed by atoms with Gasteiger partial charge in [-0.15, -0.1) is 11.3 Å².